The number of carbonyl (C=O) groups excluding carboxylic acids is 1. The van der Waals surface area contributed by atoms with Gasteiger partial charge in [0.15, 0.2) is 5.13 Å². The van der Waals surface area contributed by atoms with Gasteiger partial charge in [-0.25, -0.2) is 13.4 Å². The van der Waals surface area contributed by atoms with Crippen LogP contribution in [0.3, 0.4) is 0 Å². The number of hydrogen-bond acceptors (Lipinski definition) is 5. The van der Waals surface area contributed by atoms with Gasteiger partial charge in [-0.1, -0.05) is 36.8 Å². The van der Waals surface area contributed by atoms with E-state index in [0.717, 1.165) is 17.7 Å². The summed E-state index contributed by atoms with van der Waals surface area (Å²) in [5, 5.41) is 4.91. The van der Waals surface area contributed by atoms with E-state index < -0.39 is 10.0 Å². The molecule has 3 rings (SSSR count). The number of aromatic nitrogens is 1. The largest absolute Gasteiger partial charge is 0.326 e. The van der Waals surface area contributed by atoms with Gasteiger partial charge in [0.1, 0.15) is 0 Å². The van der Waals surface area contributed by atoms with Crippen molar-refractivity contribution in [3.63, 3.8) is 0 Å². The maximum atomic E-state index is 12.4. The van der Waals surface area contributed by atoms with E-state index in [-0.39, 0.29) is 22.4 Å². The first kappa shape index (κ1) is 21.0. The van der Waals surface area contributed by atoms with Gasteiger partial charge in [-0.3, -0.25) is 9.52 Å². The lowest BCUT2D eigenvalue weighted by Crippen LogP contribution is -2.13. The molecule has 1 aromatic heterocycles. The first-order chi connectivity index (χ1) is 13.9. The van der Waals surface area contributed by atoms with Crippen LogP contribution < -0.4 is 10.0 Å². The van der Waals surface area contributed by atoms with Crippen LogP contribution in [0.1, 0.15) is 30.2 Å². The lowest BCUT2D eigenvalue weighted by Gasteiger charge is -2.06. The van der Waals surface area contributed by atoms with Crippen LogP contribution in [0.15, 0.2) is 58.8 Å². The van der Waals surface area contributed by atoms with Crippen LogP contribution >= 0.6 is 11.3 Å². The van der Waals surface area contributed by atoms with Gasteiger partial charge >= 0.3 is 0 Å². The van der Waals surface area contributed by atoms with E-state index >= 15 is 0 Å². The van der Waals surface area contributed by atoms with E-state index in [1.54, 1.807) is 29.6 Å². The van der Waals surface area contributed by atoms with Gasteiger partial charge in [0.2, 0.25) is 5.91 Å². The average molecular weight is 430 g/mol. The zero-order valence-corrected chi connectivity index (χ0v) is 17.9. The van der Waals surface area contributed by atoms with Crippen LogP contribution in [0.2, 0.25) is 0 Å². The fourth-order valence-electron chi connectivity index (χ4n) is 2.65. The lowest BCUT2D eigenvalue weighted by atomic mass is 10.1. The fraction of sp³-hybridized carbons (Fsp3) is 0.238. The Bertz CT molecular complexity index is 1070. The van der Waals surface area contributed by atoms with Gasteiger partial charge in [0, 0.05) is 17.5 Å². The van der Waals surface area contributed by atoms with Crippen molar-refractivity contribution >= 4 is 38.1 Å². The summed E-state index contributed by atoms with van der Waals surface area (Å²) in [6, 6.07) is 14.4. The second kappa shape index (κ2) is 9.19. The molecular weight excluding hydrogens is 406 g/mol. The minimum Gasteiger partial charge on any atom is -0.326 e. The Morgan fingerprint density at radius 2 is 1.76 bits per heavy atom. The molecule has 0 saturated carbocycles. The van der Waals surface area contributed by atoms with Crippen molar-refractivity contribution in [1.82, 2.24) is 4.98 Å². The van der Waals surface area contributed by atoms with Crippen molar-refractivity contribution in [1.29, 1.82) is 0 Å². The Morgan fingerprint density at radius 1 is 1.07 bits per heavy atom. The maximum absolute atomic E-state index is 12.4. The summed E-state index contributed by atoms with van der Waals surface area (Å²) in [4.78, 5) is 16.6. The van der Waals surface area contributed by atoms with Crippen LogP contribution in [-0.2, 0) is 27.7 Å². The minimum absolute atomic E-state index is 0.107. The number of nitrogens with zero attached hydrogens (tertiary/aromatic N) is 1. The van der Waals surface area contributed by atoms with E-state index in [2.05, 4.69) is 21.9 Å². The molecule has 0 unspecified atom stereocenters. The van der Waals surface area contributed by atoms with Crippen molar-refractivity contribution in [2.45, 2.75) is 38.0 Å². The summed E-state index contributed by atoms with van der Waals surface area (Å²) in [5.41, 5.74) is 3.64. The topological polar surface area (TPSA) is 88.2 Å². The highest BCUT2D eigenvalue weighted by atomic mass is 32.2. The molecule has 8 heteroatoms. The van der Waals surface area contributed by atoms with E-state index in [9.17, 15) is 13.2 Å². The molecule has 0 aliphatic rings. The maximum Gasteiger partial charge on any atom is 0.263 e. The first-order valence-electron chi connectivity index (χ1n) is 9.28. The number of hydrogen-bond donors (Lipinski definition) is 2. The van der Waals surface area contributed by atoms with Crippen LogP contribution in [0.25, 0.3) is 0 Å². The number of nitrogens with one attached hydrogen (secondary N) is 2. The number of sulfonamides is 1. The molecule has 1 amide bonds. The van der Waals surface area contributed by atoms with Crippen LogP contribution in [-0.4, -0.2) is 19.3 Å². The molecule has 0 fully saturated rings. The molecule has 0 atom stereocenters. The SMILES string of the molecule is CCc1ccc(NC(=O)CCc2csc(NS(=O)(=O)c3ccc(C)cc3)n2)cc1. The number of thiazole rings is 1. The number of rotatable bonds is 8. The van der Waals surface area contributed by atoms with Gasteiger partial charge in [-0.05, 0) is 49.6 Å². The second-order valence-electron chi connectivity index (χ2n) is 6.66. The molecular formula is C21H23N3O3S2. The molecule has 152 valence electrons. The van der Waals surface area contributed by atoms with Crippen molar-refractivity contribution in [3.8, 4) is 0 Å². The predicted octanol–water partition coefficient (Wildman–Crippen LogP) is 4.39. The third-order valence-corrected chi connectivity index (χ3v) is 6.65. The molecule has 0 bridgehead atoms. The van der Waals surface area contributed by atoms with Crippen LogP contribution in [0.5, 0.6) is 0 Å². The van der Waals surface area contributed by atoms with Crippen molar-refractivity contribution in [2.75, 3.05) is 10.0 Å². The minimum atomic E-state index is -3.68. The highest BCUT2D eigenvalue weighted by Crippen LogP contribution is 2.21. The summed E-state index contributed by atoms with van der Waals surface area (Å²) < 4.78 is 27.3. The fourth-order valence-corrected chi connectivity index (χ4v) is 4.65. The number of benzene rings is 2. The van der Waals surface area contributed by atoms with E-state index in [0.29, 0.717) is 12.1 Å². The summed E-state index contributed by atoms with van der Waals surface area (Å²) in [6.07, 6.45) is 1.65. The molecule has 3 aromatic rings. The highest BCUT2D eigenvalue weighted by molar-refractivity contribution is 7.93. The molecule has 6 nitrogen and oxygen atoms in total. The van der Waals surface area contributed by atoms with Gasteiger partial charge < -0.3 is 5.32 Å². The monoisotopic (exact) mass is 429 g/mol. The second-order valence-corrected chi connectivity index (χ2v) is 9.20. The smallest absolute Gasteiger partial charge is 0.263 e. The number of amides is 1. The number of aryl methyl sites for hydroxylation is 3. The van der Waals surface area contributed by atoms with Crippen LogP contribution in [0, 0.1) is 6.92 Å². The molecule has 0 saturated heterocycles. The van der Waals surface area contributed by atoms with Gasteiger partial charge in [-0.2, -0.15) is 0 Å². The summed E-state index contributed by atoms with van der Waals surface area (Å²) in [6.45, 7) is 3.98. The molecule has 0 spiro atoms. The third-order valence-electron chi connectivity index (χ3n) is 4.36. The van der Waals surface area contributed by atoms with Crippen LogP contribution in [0.4, 0.5) is 10.8 Å². The Hall–Kier alpha value is -2.71. The van der Waals surface area contributed by atoms with E-state index in [4.69, 9.17) is 0 Å². The average Bonchev–Trinajstić information content (AvgIpc) is 3.14. The van der Waals surface area contributed by atoms with E-state index in [1.165, 1.54) is 16.9 Å². The van der Waals surface area contributed by atoms with Crippen molar-refractivity contribution < 1.29 is 13.2 Å². The van der Waals surface area contributed by atoms with E-state index in [1.807, 2.05) is 31.2 Å². The summed E-state index contributed by atoms with van der Waals surface area (Å²) >= 11 is 1.20. The molecule has 0 aliphatic carbocycles. The standard InChI is InChI=1S/C21H23N3O3S2/c1-3-16-6-8-17(9-7-16)22-20(25)13-10-18-14-28-21(23-18)24-29(26,27)19-11-4-15(2)5-12-19/h4-9,11-12,14H,3,10,13H2,1-2H3,(H,22,25)(H,23,24). The first-order valence-corrected chi connectivity index (χ1v) is 11.6. The molecule has 2 N–H and O–H groups in total. The molecule has 0 radical (unpaired) electrons. The summed E-state index contributed by atoms with van der Waals surface area (Å²) in [5.74, 6) is -0.107. The zero-order valence-electron chi connectivity index (χ0n) is 16.3. The Morgan fingerprint density at radius 3 is 2.41 bits per heavy atom. The normalized spacial score (nSPS) is 11.2. The Kier molecular flexibility index (Phi) is 6.66. The highest BCUT2D eigenvalue weighted by Gasteiger charge is 2.16. The Balaban J connectivity index is 1.54. The van der Waals surface area contributed by atoms with Gasteiger partial charge in [0.25, 0.3) is 10.0 Å². The Labute approximate surface area is 175 Å². The van der Waals surface area contributed by atoms with Crippen molar-refractivity contribution in [3.05, 3.63) is 70.7 Å². The summed E-state index contributed by atoms with van der Waals surface area (Å²) in [7, 11) is -3.68. The van der Waals surface area contributed by atoms with Gasteiger partial charge in [0.05, 0.1) is 10.6 Å². The third kappa shape index (κ3) is 5.88. The molecule has 0 aliphatic heterocycles. The number of carbonyl (C=O) groups is 1. The van der Waals surface area contributed by atoms with Gasteiger partial charge in [-0.15, -0.1) is 11.3 Å². The predicted molar refractivity (Wildman–Crippen MR) is 117 cm³/mol. The lowest BCUT2D eigenvalue weighted by molar-refractivity contribution is -0.116. The van der Waals surface area contributed by atoms with Crippen molar-refractivity contribution in [2.24, 2.45) is 0 Å². The molecule has 1 heterocycles. The molecule has 2 aromatic carbocycles. The molecule has 29 heavy (non-hydrogen) atoms. The quantitative estimate of drug-likeness (QED) is 0.556. The zero-order chi connectivity index (χ0) is 20.9. The number of anilines is 2.